The van der Waals surface area contributed by atoms with E-state index in [9.17, 15) is 4.79 Å². The molecule has 0 amide bonds. The molecule has 0 saturated heterocycles. The Morgan fingerprint density at radius 3 is 2.53 bits per heavy atom. The average Bonchev–Trinajstić information content (AvgIpc) is 2.74. The zero-order valence-corrected chi connectivity index (χ0v) is 10.5. The van der Waals surface area contributed by atoms with Crippen molar-refractivity contribution in [1.82, 2.24) is 9.78 Å². The molecular weight excluding hydrogens is 288 g/mol. The number of aromatic carboxylic acids is 1. The second-order valence-corrected chi connectivity index (χ2v) is 4.19. The zero-order chi connectivity index (χ0) is 12.4. The fourth-order valence-electron chi connectivity index (χ4n) is 1.38. The molecule has 0 aliphatic rings. The molecule has 1 aromatic carbocycles. The molecule has 0 spiro atoms. The summed E-state index contributed by atoms with van der Waals surface area (Å²) in [7, 11) is 1.39. The molecule has 0 unspecified atom stereocenters. The van der Waals surface area contributed by atoms with Crippen molar-refractivity contribution >= 4 is 21.9 Å². The van der Waals surface area contributed by atoms with Gasteiger partial charge >= 0.3 is 5.97 Å². The number of ether oxygens (including phenoxy) is 1. The lowest BCUT2D eigenvalue weighted by molar-refractivity contribution is 0.0693. The SMILES string of the molecule is COc1nn(-c2ccc(Br)cc2)cc1C(=O)O. The minimum absolute atomic E-state index is 0.0374. The maximum Gasteiger partial charge on any atom is 0.342 e. The predicted molar refractivity (Wildman–Crippen MR) is 64.8 cm³/mol. The Morgan fingerprint density at radius 1 is 1.41 bits per heavy atom. The Labute approximate surface area is 106 Å². The van der Waals surface area contributed by atoms with Crippen molar-refractivity contribution in [2.75, 3.05) is 7.11 Å². The monoisotopic (exact) mass is 296 g/mol. The third-order valence-electron chi connectivity index (χ3n) is 2.20. The van der Waals surface area contributed by atoms with Gasteiger partial charge in [0.25, 0.3) is 0 Å². The highest BCUT2D eigenvalue weighted by atomic mass is 79.9. The standard InChI is InChI=1S/C11H9BrN2O3/c1-17-10-9(11(15)16)6-14(13-10)8-4-2-7(12)3-5-8/h2-6H,1H3,(H,15,16). The molecule has 17 heavy (non-hydrogen) atoms. The van der Waals surface area contributed by atoms with Crippen LogP contribution in [-0.4, -0.2) is 28.0 Å². The van der Waals surface area contributed by atoms with E-state index in [1.807, 2.05) is 24.3 Å². The van der Waals surface area contributed by atoms with E-state index < -0.39 is 5.97 Å². The highest BCUT2D eigenvalue weighted by Crippen LogP contribution is 2.19. The molecule has 2 aromatic rings. The van der Waals surface area contributed by atoms with Crippen molar-refractivity contribution in [3.05, 3.63) is 40.5 Å². The van der Waals surface area contributed by atoms with Crippen molar-refractivity contribution in [2.24, 2.45) is 0 Å². The third-order valence-corrected chi connectivity index (χ3v) is 2.72. The molecule has 0 fully saturated rings. The number of methoxy groups -OCH3 is 1. The summed E-state index contributed by atoms with van der Waals surface area (Å²) >= 11 is 3.33. The maximum absolute atomic E-state index is 10.9. The molecule has 0 radical (unpaired) electrons. The number of carbonyl (C=O) groups is 1. The second kappa shape index (κ2) is 4.58. The number of carboxylic acids is 1. The first-order chi connectivity index (χ1) is 8.11. The summed E-state index contributed by atoms with van der Waals surface area (Å²) in [6, 6.07) is 7.35. The first-order valence-corrected chi connectivity index (χ1v) is 5.54. The van der Waals surface area contributed by atoms with Gasteiger partial charge in [0.2, 0.25) is 5.88 Å². The number of benzene rings is 1. The Bertz CT molecular complexity index is 548. The van der Waals surface area contributed by atoms with Crippen LogP contribution in [0.2, 0.25) is 0 Å². The zero-order valence-electron chi connectivity index (χ0n) is 8.92. The van der Waals surface area contributed by atoms with Crippen molar-refractivity contribution in [2.45, 2.75) is 0 Å². The normalized spacial score (nSPS) is 10.2. The van der Waals surface area contributed by atoms with Crippen LogP contribution in [0.4, 0.5) is 0 Å². The number of nitrogens with zero attached hydrogens (tertiary/aromatic N) is 2. The van der Waals surface area contributed by atoms with Crippen LogP contribution in [0.3, 0.4) is 0 Å². The van der Waals surface area contributed by atoms with Gasteiger partial charge in [0, 0.05) is 10.7 Å². The smallest absolute Gasteiger partial charge is 0.342 e. The van der Waals surface area contributed by atoms with Crippen molar-refractivity contribution < 1.29 is 14.6 Å². The molecular formula is C11H9BrN2O3. The molecule has 6 heteroatoms. The fraction of sp³-hybridized carbons (Fsp3) is 0.0909. The molecule has 0 aliphatic heterocycles. The maximum atomic E-state index is 10.9. The highest BCUT2D eigenvalue weighted by molar-refractivity contribution is 9.10. The van der Waals surface area contributed by atoms with E-state index in [1.54, 1.807) is 0 Å². The van der Waals surface area contributed by atoms with Crippen molar-refractivity contribution in [1.29, 1.82) is 0 Å². The van der Waals surface area contributed by atoms with Gasteiger partial charge in [-0.15, -0.1) is 5.10 Å². The van der Waals surface area contributed by atoms with Crippen LogP contribution in [0.5, 0.6) is 5.88 Å². The molecule has 5 nitrogen and oxygen atoms in total. The topological polar surface area (TPSA) is 64.4 Å². The minimum Gasteiger partial charge on any atom is -0.479 e. The second-order valence-electron chi connectivity index (χ2n) is 3.28. The van der Waals surface area contributed by atoms with E-state index >= 15 is 0 Å². The van der Waals surface area contributed by atoms with Gasteiger partial charge < -0.3 is 9.84 Å². The van der Waals surface area contributed by atoms with Crippen LogP contribution in [0.25, 0.3) is 5.69 Å². The minimum atomic E-state index is -1.06. The van der Waals surface area contributed by atoms with E-state index in [-0.39, 0.29) is 11.4 Å². The van der Waals surface area contributed by atoms with Crippen LogP contribution in [0.15, 0.2) is 34.9 Å². The van der Waals surface area contributed by atoms with Crippen LogP contribution < -0.4 is 4.74 Å². The molecule has 0 aliphatic carbocycles. The van der Waals surface area contributed by atoms with Gasteiger partial charge in [-0.2, -0.15) is 0 Å². The summed E-state index contributed by atoms with van der Waals surface area (Å²) in [4.78, 5) is 10.9. The third kappa shape index (κ3) is 2.31. The van der Waals surface area contributed by atoms with Crippen molar-refractivity contribution in [3.63, 3.8) is 0 Å². The molecule has 1 aromatic heterocycles. The molecule has 2 rings (SSSR count). The quantitative estimate of drug-likeness (QED) is 0.944. The molecule has 88 valence electrons. The van der Waals surface area contributed by atoms with Crippen LogP contribution in [0.1, 0.15) is 10.4 Å². The van der Waals surface area contributed by atoms with Crippen LogP contribution in [0, 0.1) is 0 Å². The van der Waals surface area contributed by atoms with Gasteiger partial charge in [-0.3, -0.25) is 0 Å². The summed E-state index contributed by atoms with van der Waals surface area (Å²) in [5.41, 5.74) is 0.800. The van der Waals surface area contributed by atoms with Gasteiger partial charge in [0.1, 0.15) is 5.56 Å². The first kappa shape index (κ1) is 11.7. The number of carboxylic acid groups (broad SMARTS) is 1. The lowest BCUT2D eigenvalue weighted by atomic mass is 10.3. The summed E-state index contributed by atoms with van der Waals surface area (Å²) in [6.07, 6.45) is 1.42. The first-order valence-electron chi connectivity index (χ1n) is 4.74. The van der Waals surface area contributed by atoms with Gasteiger partial charge in [0.05, 0.1) is 12.8 Å². The molecule has 1 N–H and O–H groups in total. The molecule has 0 bridgehead atoms. The molecule has 1 heterocycles. The Hall–Kier alpha value is -1.82. The highest BCUT2D eigenvalue weighted by Gasteiger charge is 2.16. The number of rotatable bonds is 3. The van der Waals surface area contributed by atoms with Crippen molar-refractivity contribution in [3.8, 4) is 11.6 Å². The molecule has 0 atom stereocenters. The average molecular weight is 297 g/mol. The summed E-state index contributed by atoms with van der Waals surface area (Å²) < 4.78 is 7.32. The number of halogens is 1. The summed E-state index contributed by atoms with van der Waals surface area (Å²) in [5.74, 6) is -0.967. The predicted octanol–water partition coefficient (Wildman–Crippen LogP) is 2.34. The van der Waals surface area contributed by atoms with E-state index in [0.717, 1.165) is 10.2 Å². The fourth-order valence-corrected chi connectivity index (χ4v) is 1.65. The summed E-state index contributed by atoms with van der Waals surface area (Å²) in [6.45, 7) is 0. The van der Waals surface area contributed by atoms with E-state index in [4.69, 9.17) is 9.84 Å². The number of hydrogen-bond acceptors (Lipinski definition) is 3. The Kier molecular flexibility index (Phi) is 3.14. The lowest BCUT2D eigenvalue weighted by Crippen LogP contribution is -1.97. The van der Waals surface area contributed by atoms with Gasteiger partial charge in [-0.1, -0.05) is 15.9 Å². The largest absolute Gasteiger partial charge is 0.479 e. The van der Waals surface area contributed by atoms with Crippen LogP contribution >= 0.6 is 15.9 Å². The Balaban J connectivity index is 2.46. The Morgan fingerprint density at radius 2 is 2.06 bits per heavy atom. The van der Waals surface area contributed by atoms with Gasteiger partial charge in [0.15, 0.2) is 0 Å². The van der Waals surface area contributed by atoms with Gasteiger partial charge in [-0.25, -0.2) is 9.48 Å². The van der Waals surface area contributed by atoms with E-state index in [1.165, 1.54) is 18.0 Å². The van der Waals surface area contributed by atoms with Gasteiger partial charge in [-0.05, 0) is 24.3 Å². The molecule has 0 saturated carbocycles. The number of aromatic nitrogens is 2. The number of hydrogen-bond donors (Lipinski definition) is 1. The van der Waals surface area contributed by atoms with E-state index in [2.05, 4.69) is 21.0 Å². The van der Waals surface area contributed by atoms with E-state index in [0.29, 0.717) is 0 Å². The van der Waals surface area contributed by atoms with Crippen LogP contribution in [-0.2, 0) is 0 Å². The summed E-state index contributed by atoms with van der Waals surface area (Å²) in [5, 5.41) is 13.0. The lowest BCUT2D eigenvalue weighted by Gasteiger charge is -2.00.